The lowest BCUT2D eigenvalue weighted by molar-refractivity contribution is -0.116. The summed E-state index contributed by atoms with van der Waals surface area (Å²) in [6.07, 6.45) is 3.51. The fourth-order valence-corrected chi connectivity index (χ4v) is 6.16. The number of benzene rings is 1. The maximum Gasteiger partial charge on any atom is 0.245 e. The SMILES string of the molecule is CC(=O)N1CCc2cc(Br)cc(S(=O)(=O)N3CCCCC3C)c21. The largest absolute Gasteiger partial charge is 0.311 e. The van der Waals surface area contributed by atoms with E-state index in [1.807, 2.05) is 13.0 Å². The Morgan fingerprint density at radius 3 is 2.65 bits per heavy atom. The van der Waals surface area contributed by atoms with E-state index in [-0.39, 0.29) is 16.8 Å². The highest BCUT2D eigenvalue weighted by atomic mass is 79.9. The molecular formula is C16H21BrN2O3S. The highest BCUT2D eigenvalue weighted by molar-refractivity contribution is 9.10. The third kappa shape index (κ3) is 2.94. The molecule has 0 N–H and O–H groups in total. The van der Waals surface area contributed by atoms with Gasteiger partial charge in [0.1, 0.15) is 4.90 Å². The van der Waals surface area contributed by atoms with E-state index in [0.717, 1.165) is 29.3 Å². The standard InChI is InChI=1S/C16H21BrN2O3S/c1-11-5-3-4-7-19(11)23(21,22)15-10-14(17)9-13-6-8-18(12(2)20)16(13)15/h9-11H,3-8H2,1-2H3. The van der Waals surface area contributed by atoms with Crippen LogP contribution in [0.25, 0.3) is 0 Å². The second kappa shape index (κ2) is 6.18. The molecule has 0 bridgehead atoms. The molecule has 0 radical (unpaired) electrons. The molecule has 126 valence electrons. The van der Waals surface area contributed by atoms with Crippen LogP contribution in [0.1, 0.15) is 38.7 Å². The van der Waals surface area contributed by atoms with Gasteiger partial charge in [-0.05, 0) is 43.9 Å². The minimum atomic E-state index is -3.62. The van der Waals surface area contributed by atoms with Crippen molar-refractivity contribution in [1.29, 1.82) is 0 Å². The van der Waals surface area contributed by atoms with Gasteiger partial charge < -0.3 is 4.90 Å². The van der Waals surface area contributed by atoms with Crippen molar-refractivity contribution in [1.82, 2.24) is 4.31 Å². The van der Waals surface area contributed by atoms with Crippen LogP contribution in [0, 0.1) is 0 Å². The summed E-state index contributed by atoms with van der Waals surface area (Å²) in [5.41, 5.74) is 1.48. The van der Waals surface area contributed by atoms with Crippen molar-refractivity contribution in [3.05, 3.63) is 22.2 Å². The average molecular weight is 401 g/mol. The first-order valence-corrected chi connectivity index (χ1v) is 10.2. The molecule has 5 nitrogen and oxygen atoms in total. The molecule has 2 aliphatic heterocycles. The number of amides is 1. The highest BCUT2D eigenvalue weighted by Gasteiger charge is 2.37. The molecule has 0 aliphatic carbocycles. The zero-order valence-corrected chi connectivity index (χ0v) is 15.8. The van der Waals surface area contributed by atoms with Crippen LogP contribution >= 0.6 is 15.9 Å². The van der Waals surface area contributed by atoms with E-state index in [1.165, 1.54) is 6.92 Å². The van der Waals surface area contributed by atoms with E-state index >= 15 is 0 Å². The number of anilines is 1. The molecule has 1 unspecified atom stereocenters. The van der Waals surface area contributed by atoms with Gasteiger partial charge in [0.05, 0.1) is 5.69 Å². The zero-order valence-electron chi connectivity index (χ0n) is 13.4. The monoisotopic (exact) mass is 400 g/mol. The van der Waals surface area contributed by atoms with Crippen molar-refractivity contribution in [2.45, 2.75) is 50.5 Å². The van der Waals surface area contributed by atoms with Gasteiger partial charge in [-0.1, -0.05) is 22.4 Å². The van der Waals surface area contributed by atoms with E-state index in [0.29, 0.717) is 25.2 Å². The number of sulfonamides is 1. The normalized spacial score (nSPS) is 22.2. The second-order valence-electron chi connectivity index (χ2n) is 6.29. The van der Waals surface area contributed by atoms with Gasteiger partial charge >= 0.3 is 0 Å². The number of carbonyl (C=O) groups is 1. The minimum Gasteiger partial charge on any atom is -0.311 e. The topological polar surface area (TPSA) is 57.7 Å². The van der Waals surface area contributed by atoms with Gasteiger partial charge in [0.25, 0.3) is 0 Å². The van der Waals surface area contributed by atoms with Crippen LogP contribution in [0.15, 0.2) is 21.5 Å². The van der Waals surface area contributed by atoms with Crippen LogP contribution < -0.4 is 4.90 Å². The summed E-state index contributed by atoms with van der Waals surface area (Å²) >= 11 is 3.42. The molecule has 23 heavy (non-hydrogen) atoms. The van der Waals surface area contributed by atoms with Crippen LogP contribution in [-0.4, -0.2) is 37.8 Å². The Kier molecular flexibility index (Phi) is 4.55. The molecule has 1 atom stereocenters. The average Bonchev–Trinajstić information content (AvgIpc) is 2.90. The van der Waals surface area contributed by atoms with Gasteiger partial charge in [0.2, 0.25) is 15.9 Å². The van der Waals surface area contributed by atoms with Crippen molar-refractivity contribution in [2.75, 3.05) is 18.0 Å². The summed E-state index contributed by atoms with van der Waals surface area (Å²) in [4.78, 5) is 13.8. The van der Waals surface area contributed by atoms with Gasteiger partial charge in [-0.3, -0.25) is 4.79 Å². The Morgan fingerprint density at radius 2 is 2.00 bits per heavy atom. The van der Waals surface area contributed by atoms with Crippen molar-refractivity contribution in [3.8, 4) is 0 Å². The lowest BCUT2D eigenvalue weighted by atomic mass is 10.1. The predicted octanol–water partition coefficient (Wildman–Crippen LogP) is 2.92. The van der Waals surface area contributed by atoms with Crippen LogP contribution in [-0.2, 0) is 21.2 Å². The molecular weight excluding hydrogens is 380 g/mol. The second-order valence-corrected chi connectivity index (χ2v) is 9.07. The molecule has 0 spiro atoms. The van der Waals surface area contributed by atoms with Crippen LogP contribution in [0.2, 0.25) is 0 Å². The van der Waals surface area contributed by atoms with Gasteiger partial charge in [0.15, 0.2) is 0 Å². The Morgan fingerprint density at radius 1 is 1.26 bits per heavy atom. The molecule has 0 saturated carbocycles. The van der Waals surface area contributed by atoms with Crippen molar-refractivity contribution < 1.29 is 13.2 Å². The maximum atomic E-state index is 13.2. The molecule has 3 rings (SSSR count). The Labute approximate surface area is 145 Å². The predicted molar refractivity (Wildman–Crippen MR) is 93.1 cm³/mol. The summed E-state index contributed by atoms with van der Waals surface area (Å²) in [6, 6.07) is 3.55. The Hall–Kier alpha value is -0.920. The highest BCUT2D eigenvalue weighted by Crippen LogP contribution is 2.39. The summed E-state index contributed by atoms with van der Waals surface area (Å²) in [6.45, 7) is 4.53. The first-order chi connectivity index (χ1) is 10.8. The summed E-state index contributed by atoms with van der Waals surface area (Å²) in [5.74, 6) is -0.116. The lowest BCUT2D eigenvalue weighted by Gasteiger charge is -2.33. The first-order valence-electron chi connectivity index (χ1n) is 7.94. The third-order valence-electron chi connectivity index (χ3n) is 4.70. The Balaban J connectivity index is 2.14. The van der Waals surface area contributed by atoms with E-state index in [4.69, 9.17) is 0 Å². The molecule has 0 aromatic heterocycles. The van der Waals surface area contributed by atoms with Crippen LogP contribution in [0.3, 0.4) is 0 Å². The molecule has 1 saturated heterocycles. The molecule has 1 aromatic carbocycles. The molecule has 2 heterocycles. The Bertz CT molecular complexity index is 748. The fraction of sp³-hybridized carbons (Fsp3) is 0.562. The number of halogens is 1. The van der Waals surface area contributed by atoms with Crippen LogP contribution in [0.4, 0.5) is 5.69 Å². The quantitative estimate of drug-likeness (QED) is 0.766. The van der Waals surface area contributed by atoms with E-state index in [1.54, 1.807) is 15.3 Å². The molecule has 1 fully saturated rings. The van der Waals surface area contributed by atoms with Gasteiger partial charge in [-0.15, -0.1) is 0 Å². The summed E-state index contributed by atoms with van der Waals surface area (Å²) in [5, 5.41) is 0. The molecule has 1 aromatic rings. The number of fused-ring (bicyclic) bond motifs is 1. The number of nitrogens with zero attached hydrogens (tertiary/aromatic N) is 2. The lowest BCUT2D eigenvalue weighted by Crippen LogP contribution is -2.42. The maximum absolute atomic E-state index is 13.2. The van der Waals surface area contributed by atoms with Crippen LogP contribution in [0.5, 0.6) is 0 Å². The van der Waals surface area contributed by atoms with Crippen molar-refractivity contribution in [2.24, 2.45) is 0 Å². The third-order valence-corrected chi connectivity index (χ3v) is 7.19. The molecule has 2 aliphatic rings. The van der Waals surface area contributed by atoms with Gasteiger partial charge in [-0.25, -0.2) is 8.42 Å². The number of carbonyl (C=O) groups excluding carboxylic acids is 1. The van der Waals surface area contributed by atoms with E-state index < -0.39 is 10.0 Å². The number of rotatable bonds is 2. The summed E-state index contributed by atoms with van der Waals surface area (Å²) in [7, 11) is -3.62. The number of piperidine rings is 1. The molecule has 1 amide bonds. The van der Waals surface area contributed by atoms with E-state index in [9.17, 15) is 13.2 Å². The number of hydrogen-bond acceptors (Lipinski definition) is 3. The fourth-order valence-electron chi connectivity index (χ4n) is 3.54. The van der Waals surface area contributed by atoms with Crippen molar-refractivity contribution in [3.63, 3.8) is 0 Å². The summed E-state index contributed by atoms with van der Waals surface area (Å²) < 4.78 is 28.8. The minimum absolute atomic E-state index is 0.00411. The smallest absolute Gasteiger partial charge is 0.245 e. The molecule has 7 heteroatoms. The number of hydrogen-bond donors (Lipinski definition) is 0. The van der Waals surface area contributed by atoms with E-state index in [2.05, 4.69) is 15.9 Å². The van der Waals surface area contributed by atoms with Crippen molar-refractivity contribution >= 4 is 37.5 Å². The van der Waals surface area contributed by atoms with Gasteiger partial charge in [0, 0.05) is 30.5 Å². The van der Waals surface area contributed by atoms with Gasteiger partial charge in [-0.2, -0.15) is 4.31 Å². The zero-order chi connectivity index (χ0) is 16.8. The first kappa shape index (κ1) is 16.9.